The summed E-state index contributed by atoms with van der Waals surface area (Å²) in [6, 6.07) is 76.1. The van der Waals surface area contributed by atoms with Gasteiger partial charge in [0.2, 0.25) is 0 Å². The van der Waals surface area contributed by atoms with Crippen LogP contribution in [0.5, 0.6) is 0 Å². The third kappa shape index (κ3) is 5.26. The summed E-state index contributed by atoms with van der Waals surface area (Å²) in [5.41, 5.74) is 17.1. The number of nitrogens with zero attached hydrogens (tertiary/aromatic N) is 2. The highest BCUT2D eigenvalue weighted by Crippen LogP contribution is 2.52. The second-order valence-corrected chi connectivity index (χ2v) is 17.6. The minimum absolute atomic E-state index is 0.125. The van der Waals surface area contributed by atoms with Crippen molar-refractivity contribution in [3.05, 3.63) is 217 Å². The van der Waals surface area contributed by atoms with Crippen LogP contribution in [0.4, 0.5) is 17.1 Å². The van der Waals surface area contributed by atoms with E-state index in [1.54, 1.807) is 0 Å². The van der Waals surface area contributed by atoms with Crippen molar-refractivity contribution in [1.82, 2.24) is 4.57 Å². The molecule has 0 atom stereocenters. The lowest BCUT2D eigenvalue weighted by molar-refractivity contribution is 0.660. The number of benzene rings is 9. The first-order chi connectivity index (χ1) is 29.5. The summed E-state index contributed by atoms with van der Waals surface area (Å²) < 4.78 is 5.03. The van der Waals surface area contributed by atoms with E-state index in [4.69, 9.17) is 0 Å². The van der Waals surface area contributed by atoms with Crippen molar-refractivity contribution in [3.63, 3.8) is 0 Å². The maximum Gasteiger partial charge on any atom is 0.0547 e. The predicted octanol–water partition coefficient (Wildman–Crippen LogP) is 16.3. The van der Waals surface area contributed by atoms with Crippen molar-refractivity contribution in [2.75, 3.05) is 4.90 Å². The van der Waals surface area contributed by atoms with Gasteiger partial charge in [-0.2, -0.15) is 0 Å². The van der Waals surface area contributed by atoms with Gasteiger partial charge in [0.25, 0.3) is 0 Å². The Morgan fingerprint density at radius 1 is 0.417 bits per heavy atom. The number of thiophene rings is 1. The number of rotatable bonds is 6. The summed E-state index contributed by atoms with van der Waals surface area (Å²) in [5, 5.41) is 5.14. The van der Waals surface area contributed by atoms with Gasteiger partial charge >= 0.3 is 0 Å². The highest BCUT2D eigenvalue weighted by Gasteiger charge is 2.36. The smallest absolute Gasteiger partial charge is 0.0547 e. The average molecular weight is 785 g/mol. The summed E-state index contributed by atoms with van der Waals surface area (Å²) in [5.74, 6) is 0. The maximum absolute atomic E-state index is 2.47. The lowest BCUT2D eigenvalue weighted by Crippen LogP contribution is -2.16. The Balaban J connectivity index is 1.04. The maximum atomic E-state index is 2.47. The van der Waals surface area contributed by atoms with Crippen LogP contribution in [0.2, 0.25) is 0 Å². The van der Waals surface area contributed by atoms with E-state index >= 15 is 0 Å². The van der Waals surface area contributed by atoms with E-state index in [1.165, 1.54) is 86.5 Å². The zero-order valence-corrected chi connectivity index (χ0v) is 34.2. The number of hydrogen-bond acceptors (Lipinski definition) is 2. The van der Waals surface area contributed by atoms with Crippen molar-refractivity contribution < 1.29 is 0 Å². The van der Waals surface area contributed by atoms with Gasteiger partial charge in [0.1, 0.15) is 0 Å². The predicted molar refractivity (Wildman–Crippen MR) is 257 cm³/mol. The Kier molecular flexibility index (Phi) is 7.79. The third-order valence-corrected chi connectivity index (χ3v) is 14.0. The standard InChI is InChI=1S/C57H40N2S/c1-57(2)49-22-10-6-18-44(49)45-33-32-41(36-50(45)57)58(51-23-11-7-17-42(51)38-29-34-55-48(35-38)46-19-9-13-26-54(46)60-55)40-30-27-37(28-31-40)43-21-14-25-53-56(43)47-20-8-12-24-52(47)59(53)39-15-4-3-5-16-39/h3-36H,1-2H3. The Hall–Kier alpha value is -7.20. The van der Waals surface area contributed by atoms with Gasteiger partial charge in [-0.05, 0) is 112 Å². The summed E-state index contributed by atoms with van der Waals surface area (Å²) in [4.78, 5) is 2.47. The van der Waals surface area contributed by atoms with Crippen LogP contribution >= 0.6 is 11.3 Å². The van der Waals surface area contributed by atoms with E-state index in [2.05, 4.69) is 230 Å². The zero-order valence-electron chi connectivity index (χ0n) is 33.4. The largest absolute Gasteiger partial charge is 0.310 e. The van der Waals surface area contributed by atoms with Crippen LogP contribution in [0.3, 0.4) is 0 Å². The van der Waals surface area contributed by atoms with Gasteiger partial charge in [-0.25, -0.2) is 0 Å². The highest BCUT2D eigenvalue weighted by molar-refractivity contribution is 7.25. The molecule has 0 bridgehead atoms. The first kappa shape index (κ1) is 34.8. The van der Waals surface area contributed by atoms with Crippen LogP contribution in [-0.2, 0) is 5.41 Å². The first-order valence-corrected chi connectivity index (χ1v) is 21.6. The molecule has 12 rings (SSSR count). The molecule has 0 unspecified atom stereocenters. The lowest BCUT2D eigenvalue weighted by Gasteiger charge is -2.30. The molecular formula is C57H40N2S. The zero-order chi connectivity index (χ0) is 40.0. The second kappa shape index (κ2) is 13.4. The second-order valence-electron chi connectivity index (χ2n) is 16.5. The Morgan fingerprint density at radius 3 is 1.92 bits per heavy atom. The minimum Gasteiger partial charge on any atom is -0.310 e. The van der Waals surface area contributed by atoms with Gasteiger partial charge in [-0.3, -0.25) is 0 Å². The molecule has 3 heteroatoms. The Labute approximate surface area is 353 Å². The van der Waals surface area contributed by atoms with E-state index < -0.39 is 0 Å². The quantitative estimate of drug-likeness (QED) is 0.163. The molecule has 284 valence electrons. The molecule has 0 saturated heterocycles. The first-order valence-electron chi connectivity index (χ1n) is 20.8. The lowest BCUT2D eigenvalue weighted by atomic mass is 9.82. The Bertz CT molecular complexity index is 3460. The molecule has 0 aliphatic heterocycles. The van der Waals surface area contributed by atoms with Crippen molar-refractivity contribution in [2.24, 2.45) is 0 Å². The van der Waals surface area contributed by atoms with E-state index in [0.717, 1.165) is 22.7 Å². The van der Waals surface area contributed by atoms with Crippen LogP contribution in [0, 0.1) is 0 Å². The minimum atomic E-state index is -0.125. The normalized spacial score (nSPS) is 13.0. The number of para-hydroxylation sites is 3. The van der Waals surface area contributed by atoms with Gasteiger partial charge in [-0.15, -0.1) is 11.3 Å². The summed E-state index contributed by atoms with van der Waals surface area (Å²) in [6.07, 6.45) is 0. The number of hydrogen-bond donors (Lipinski definition) is 0. The van der Waals surface area contributed by atoms with E-state index in [1.807, 2.05) is 11.3 Å². The molecule has 2 heterocycles. The topological polar surface area (TPSA) is 8.17 Å². The van der Waals surface area contributed by atoms with Gasteiger partial charge in [0.05, 0.1) is 16.7 Å². The molecule has 0 spiro atoms. The molecule has 0 fully saturated rings. The number of aromatic nitrogens is 1. The SMILES string of the molecule is CC1(C)c2ccccc2-c2ccc(N(c3ccc(-c4cccc5c4c4ccccc4n5-c4ccccc4)cc3)c3ccccc3-c3ccc4sc5ccccc5c4c3)cc21. The van der Waals surface area contributed by atoms with Crippen molar-refractivity contribution in [1.29, 1.82) is 0 Å². The van der Waals surface area contributed by atoms with Crippen LogP contribution in [-0.4, -0.2) is 4.57 Å². The molecule has 1 aliphatic rings. The molecule has 0 saturated carbocycles. The van der Waals surface area contributed by atoms with Crippen LogP contribution in [0.1, 0.15) is 25.0 Å². The summed E-state index contributed by atoms with van der Waals surface area (Å²) >= 11 is 1.86. The Morgan fingerprint density at radius 2 is 1.05 bits per heavy atom. The van der Waals surface area contributed by atoms with E-state index in [9.17, 15) is 0 Å². The number of fused-ring (bicyclic) bond motifs is 9. The fourth-order valence-electron chi connectivity index (χ4n) is 9.97. The molecular weight excluding hydrogens is 745 g/mol. The van der Waals surface area contributed by atoms with Gasteiger partial charge in [0.15, 0.2) is 0 Å². The summed E-state index contributed by atoms with van der Waals surface area (Å²) in [6.45, 7) is 4.73. The third-order valence-electron chi connectivity index (χ3n) is 12.8. The fourth-order valence-corrected chi connectivity index (χ4v) is 11.1. The van der Waals surface area contributed by atoms with E-state index in [-0.39, 0.29) is 5.41 Å². The molecule has 0 radical (unpaired) electrons. The molecule has 2 nitrogen and oxygen atoms in total. The van der Waals surface area contributed by atoms with Crippen molar-refractivity contribution >= 4 is 70.4 Å². The monoisotopic (exact) mass is 784 g/mol. The average Bonchev–Trinajstić information content (AvgIpc) is 3.92. The molecule has 1 aliphatic carbocycles. The molecule has 11 aromatic rings. The highest BCUT2D eigenvalue weighted by atomic mass is 32.1. The molecule has 2 aromatic heterocycles. The molecule has 60 heavy (non-hydrogen) atoms. The van der Waals surface area contributed by atoms with Gasteiger partial charge in [-0.1, -0.05) is 147 Å². The van der Waals surface area contributed by atoms with Crippen LogP contribution < -0.4 is 4.90 Å². The van der Waals surface area contributed by atoms with Crippen molar-refractivity contribution in [3.8, 4) is 39.1 Å². The molecule has 0 N–H and O–H groups in total. The van der Waals surface area contributed by atoms with Crippen LogP contribution in [0.25, 0.3) is 81.0 Å². The summed E-state index contributed by atoms with van der Waals surface area (Å²) in [7, 11) is 0. The van der Waals surface area contributed by atoms with Gasteiger partial charge < -0.3 is 9.47 Å². The molecule has 0 amide bonds. The number of anilines is 3. The molecule has 9 aromatic carbocycles. The van der Waals surface area contributed by atoms with Crippen LogP contribution in [0.15, 0.2) is 206 Å². The van der Waals surface area contributed by atoms with Gasteiger partial charge in [0, 0.05) is 59.0 Å². The fraction of sp³-hybridized carbons (Fsp3) is 0.0526. The van der Waals surface area contributed by atoms with Crippen molar-refractivity contribution in [2.45, 2.75) is 19.3 Å². The van der Waals surface area contributed by atoms with E-state index in [0.29, 0.717) is 0 Å².